The minimum absolute atomic E-state index is 0.251. The summed E-state index contributed by atoms with van der Waals surface area (Å²) in [5.74, 6) is 1.18. The van der Waals surface area contributed by atoms with E-state index in [9.17, 15) is 0 Å². The van der Waals surface area contributed by atoms with E-state index in [4.69, 9.17) is 0 Å². The smallest absolute Gasteiger partial charge is 0.368 e. The summed E-state index contributed by atoms with van der Waals surface area (Å²) in [5.41, 5.74) is 8.39. The molecule has 0 saturated carbocycles. The Bertz CT molecular complexity index is 819. The number of hydrogen-bond acceptors (Lipinski definition) is 1. The summed E-state index contributed by atoms with van der Waals surface area (Å²) in [5, 5.41) is 0. The molecule has 4 heterocycles. The highest BCUT2D eigenvalue weighted by Gasteiger charge is 2.39. The van der Waals surface area contributed by atoms with Gasteiger partial charge in [-0.3, -0.25) is 0 Å². The van der Waals surface area contributed by atoms with Crippen LogP contribution in [-0.4, -0.2) is 20.9 Å². The van der Waals surface area contributed by atoms with Crippen molar-refractivity contribution >= 4 is 12.4 Å². The normalized spacial score (nSPS) is 14.7. The molecule has 0 fully saturated rings. The Morgan fingerprint density at radius 1 is 0.952 bits per heavy atom. The van der Waals surface area contributed by atoms with Crippen LogP contribution in [0, 0.1) is 13.8 Å². The minimum Gasteiger partial charge on any atom is -0.368 e. The molecule has 0 bridgehead atoms. The second kappa shape index (κ2) is 3.70. The maximum Gasteiger partial charge on any atom is 0.421 e. The van der Waals surface area contributed by atoms with Crippen molar-refractivity contribution in [1.82, 2.24) is 13.9 Å². The monoisotopic (exact) mass is 273 g/mol. The summed E-state index contributed by atoms with van der Waals surface area (Å²) < 4.78 is 4.91. The number of imidazole rings is 1. The van der Waals surface area contributed by atoms with Crippen LogP contribution in [0.3, 0.4) is 0 Å². The zero-order valence-electron chi connectivity index (χ0n) is 12.3. The molecule has 0 spiro atoms. The molecule has 5 rings (SSSR count). The SMILES string of the molecule is Cc1ccc2n1B1c3c(cccc3Cc3ncc(C)n31)C2. The van der Waals surface area contributed by atoms with Gasteiger partial charge < -0.3 is 8.96 Å². The molecule has 2 aliphatic rings. The van der Waals surface area contributed by atoms with Gasteiger partial charge in [0.1, 0.15) is 5.82 Å². The molecule has 102 valence electrons. The van der Waals surface area contributed by atoms with E-state index in [0.717, 1.165) is 12.8 Å². The molecule has 0 aliphatic carbocycles. The molecule has 0 unspecified atom stereocenters. The molecule has 0 atom stereocenters. The fourth-order valence-electron chi connectivity index (χ4n) is 4.10. The third-order valence-electron chi connectivity index (χ3n) is 5.02. The number of fused-ring (bicyclic) bond motifs is 4. The van der Waals surface area contributed by atoms with Gasteiger partial charge in [0.25, 0.3) is 0 Å². The van der Waals surface area contributed by atoms with Crippen molar-refractivity contribution in [1.29, 1.82) is 0 Å². The molecule has 0 amide bonds. The highest BCUT2D eigenvalue weighted by molar-refractivity contribution is 6.72. The van der Waals surface area contributed by atoms with Gasteiger partial charge in [-0.25, -0.2) is 4.98 Å². The second-order valence-corrected chi connectivity index (χ2v) is 6.24. The van der Waals surface area contributed by atoms with Crippen LogP contribution in [0.4, 0.5) is 0 Å². The standard InChI is InChI=1S/C17H16BN3/c1-11-6-7-15-8-13-4-3-5-14-9-16-19-10-12(2)21(16)18(17(13)14)20(11)15/h3-7,10H,8-9H2,1-2H3. The average Bonchev–Trinajstić information content (AvgIpc) is 3.03. The summed E-state index contributed by atoms with van der Waals surface area (Å²) in [7, 11) is 0. The molecule has 4 heteroatoms. The summed E-state index contributed by atoms with van der Waals surface area (Å²) in [6.07, 6.45) is 3.99. The minimum atomic E-state index is 0.251. The molecule has 0 radical (unpaired) electrons. The van der Waals surface area contributed by atoms with Crippen LogP contribution in [0.5, 0.6) is 0 Å². The van der Waals surface area contributed by atoms with E-state index in [1.165, 1.54) is 39.5 Å². The number of aryl methyl sites for hydroxylation is 2. The van der Waals surface area contributed by atoms with Gasteiger partial charge >= 0.3 is 6.98 Å². The van der Waals surface area contributed by atoms with Crippen LogP contribution in [0.15, 0.2) is 36.5 Å². The largest absolute Gasteiger partial charge is 0.421 e. The Hall–Kier alpha value is -2.23. The van der Waals surface area contributed by atoms with Crippen LogP contribution in [0.1, 0.15) is 34.0 Å². The summed E-state index contributed by atoms with van der Waals surface area (Å²) in [6.45, 7) is 4.62. The van der Waals surface area contributed by atoms with Gasteiger partial charge in [-0.2, -0.15) is 0 Å². The highest BCUT2D eigenvalue weighted by Crippen LogP contribution is 2.27. The predicted molar refractivity (Wildman–Crippen MR) is 84.4 cm³/mol. The van der Waals surface area contributed by atoms with Crippen molar-refractivity contribution in [2.45, 2.75) is 26.7 Å². The molecule has 2 aromatic heterocycles. The molecular weight excluding hydrogens is 257 g/mol. The molecule has 3 nitrogen and oxygen atoms in total. The van der Waals surface area contributed by atoms with E-state index in [1.54, 1.807) is 0 Å². The maximum absolute atomic E-state index is 4.64. The average molecular weight is 273 g/mol. The zero-order valence-corrected chi connectivity index (χ0v) is 12.3. The number of rotatable bonds is 0. The van der Waals surface area contributed by atoms with E-state index >= 15 is 0 Å². The van der Waals surface area contributed by atoms with Gasteiger partial charge in [-0.1, -0.05) is 18.2 Å². The van der Waals surface area contributed by atoms with Gasteiger partial charge in [0, 0.05) is 36.1 Å². The number of nitrogens with zero attached hydrogens (tertiary/aromatic N) is 3. The van der Waals surface area contributed by atoms with Crippen LogP contribution >= 0.6 is 0 Å². The lowest BCUT2D eigenvalue weighted by atomic mass is 9.58. The van der Waals surface area contributed by atoms with Gasteiger partial charge in [0.15, 0.2) is 0 Å². The number of hydrogen-bond donors (Lipinski definition) is 0. The van der Waals surface area contributed by atoms with Gasteiger partial charge in [-0.15, -0.1) is 0 Å². The lowest BCUT2D eigenvalue weighted by Gasteiger charge is -2.34. The molecule has 0 saturated heterocycles. The Labute approximate surface area is 124 Å². The van der Waals surface area contributed by atoms with E-state index in [0.29, 0.717) is 0 Å². The molecule has 2 aliphatic heterocycles. The van der Waals surface area contributed by atoms with Crippen molar-refractivity contribution in [3.8, 4) is 0 Å². The van der Waals surface area contributed by atoms with E-state index in [2.05, 4.69) is 58.1 Å². The fourth-order valence-corrected chi connectivity index (χ4v) is 4.10. The van der Waals surface area contributed by atoms with Crippen molar-refractivity contribution in [2.75, 3.05) is 0 Å². The van der Waals surface area contributed by atoms with Crippen molar-refractivity contribution < 1.29 is 0 Å². The number of aromatic nitrogens is 3. The Kier molecular flexibility index (Phi) is 2.01. The summed E-state index contributed by atoms with van der Waals surface area (Å²) >= 11 is 0. The first kappa shape index (κ1) is 11.4. The predicted octanol–water partition coefficient (Wildman–Crippen LogP) is 1.90. The first-order valence-electron chi connectivity index (χ1n) is 7.54. The van der Waals surface area contributed by atoms with E-state index in [1.807, 2.05) is 6.20 Å². The molecule has 3 aromatic rings. The Balaban J connectivity index is 1.91. The van der Waals surface area contributed by atoms with Gasteiger partial charge in [0.05, 0.1) is 0 Å². The topological polar surface area (TPSA) is 22.8 Å². The van der Waals surface area contributed by atoms with Crippen molar-refractivity contribution in [3.05, 3.63) is 70.6 Å². The third-order valence-corrected chi connectivity index (χ3v) is 5.02. The molecular formula is C17H16BN3. The maximum atomic E-state index is 4.64. The summed E-state index contributed by atoms with van der Waals surface area (Å²) in [6, 6.07) is 11.3. The van der Waals surface area contributed by atoms with Gasteiger partial charge in [-0.05, 0) is 42.6 Å². The zero-order chi connectivity index (χ0) is 14.1. The Morgan fingerprint density at radius 3 is 2.62 bits per heavy atom. The van der Waals surface area contributed by atoms with E-state index < -0.39 is 0 Å². The lowest BCUT2D eigenvalue weighted by Crippen LogP contribution is -2.55. The Morgan fingerprint density at radius 2 is 1.76 bits per heavy atom. The van der Waals surface area contributed by atoms with Crippen LogP contribution in [0.25, 0.3) is 0 Å². The first-order valence-corrected chi connectivity index (χ1v) is 7.54. The molecule has 0 N–H and O–H groups in total. The molecule has 21 heavy (non-hydrogen) atoms. The number of benzene rings is 1. The van der Waals surface area contributed by atoms with Crippen molar-refractivity contribution in [2.24, 2.45) is 0 Å². The van der Waals surface area contributed by atoms with Crippen LogP contribution in [-0.2, 0) is 12.8 Å². The summed E-state index contributed by atoms with van der Waals surface area (Å²) in [4.78, 5) is 4.64. The molecule has 1 aromatic carbocycles. The van der Waals surface area contributed by atoms with Gasteiger partial charge in [0.2, 0.25) is 0 Å². The van der Waals surface area contributed by atoms with Crippen LogP contribution in [0.2, 0.25) is 0 Å². The first-order chi connectivity index (χ1) is 10.2. The highest BCUT2D eigenvalue weighted by atomic mass is 15.1. The third kappa shape index (κ3) is 1.33. The van der Waals surface area contributed by atoms with E-state index in [-0.39, 0.29) is 6.98 Å². The lowest BCUT2D eigenvalue weighted by molar-refractivity contribution is 0.858. The van der Waals surface area contributed by atoms with Crippen LogP contribution < -0.4 is 5.46 Å². The quantitative estimate of drug-likeness (QED) is 0.395. The second-order valence-electron chi connectivity index (χ2n) is 6.24. The fraction of sp³-hybridized carbons (Fsp3) is 0.235. The van der Waals surface area contributed by atoms with Crippen molar-refractivity contribution in [3.63, 3.8) is 0 Å².